The van der Waals surface area contributed by atoms with E-state index in [9.17, 15) is 23.1 Å². The number of phenols is 1. The summed E-state index contributed by atoms with van der Waals surface area (Å²) in [6, 6.07) is 27.6. The summed E-state index contributed by atoms with van der Waals surface area (Å²) in [6.45, 7) is 0.915. The first kappa shape index (κ1) is 26.5. The Hall–Kier alpha value is -4.07. The largest absolute Gasteiger partial charge is 0.507 e. The first-order valence-electron chi connectivity index (χ1n) is 12.2. The number of hydrogen-bond acceptors (Lipinski definition) is 4. The molecule has 1 aromatic heterocycles. The van der Waals surface area contributed by atoms with Gasteiger partial charge in [0.25, 0.3) is 0 Å². The van der Waals surface area contributed by atoms with E-state index in [1.807, 2.05) is 65.6 Å². The van der Waals surface area contributed by atoms with Crippen LogP contribution in [0.3, 0.4) is 0 Å². The SMILES string of the molecule is O=c1c(-c2ccccc2Cl)c(C(F)(F)F)oc2c(CN(Cc3ccccc3)Cc3ccccc3)c(O)ccc12. The highest BCUT2D eigenvalue weighted by Crippen LogP contribution is 2.41. The summed E-state index contributed by atoms with van der Waals surface area (Å²) in [5, 5.41) is 10.7. The maximum Gasteiger partial charge on any atom is 0.450 e. The second kappa shape index (κ2) is 11.0. The van der Waals surface area contributed by atoms with Crippen LogP contribution in [0.1, 0.15) is 22.5 Å². The van der Waals surface area contributed by atoms with Crippen LogP contribution in [0.25, 0.3) is 22.1 Å². The number of phenolic OH excluding ortho intramolecular Hbond substituents is 1. The fourth-order valence-corrected chi connectivity index (χ4v) is 4.87. The van der Waals surface area contributed by atoms with Gasteiger partial charge in [-0.2, -0.15) is 13.2 Å². The van der Waals surface area contributed by atoms with Crippen LogP contribution in [0.4, 0.5) is 13.2 Å². The highest BCUT2D eigenvalue weighted by molar-refractivity contribution is 6.33. The fourth-order valence-electron chi connectivity index (χ4n) is 4.64. The number of benzene rings is 4. The first-order chi connectivity index (χ1) is 18.7. The zero-order valence-electron chi connectivity index (χ0n) is 20.6. The van der Waals surface area contributed by atoms with Gasteiger partial charge in [0.15, 0.2) is 0 Å². The summed E-state index contributed by atoms with van der Waals surface area (Å²) in [6.07, 6.45) is -4.99. The van der Waals surface area contributed by atoms with Gasteiger partial charge in [0.2, 0.25) is 11.2 Å². The minimum absolute atomic E-state index is 0.00875. The van der Waals surface area contributed by atoms with Crippen LogP contribution in [0, 0.1) is 0 Å². The van der Waals surface area contributed by atoms with Crippen molar-refractivity contribution in [2.24, 2.45) is 0 Å². The number of rotatable bonds is 7. The molecule has 0 aliphatic carbocycles. The van der Waals surface area contributed by atoms with Crippen molar-refractivity contribution in [3.63, 3.8) is 0 Å². The Kier molecular flexibility index (Phi) is 7.46. The van der Waals surface area contributed by atoms with E-state index >= 15 is 0 Å². The zero-order chi connectivity index (χ0) is 27.6. The van der Waals surface area contributed by atoms with Gasteiger partial charge in [-0.1, -0.05) is 90.5 Å². The van der Waals surface area contributed by atoms with Gasteiger partial charge in [-0.3, -0.25) is 9.69 Å². The Morgan fingerprint density at radius 1 is 0.769 bits per heavy atom. The van der Waals surface area contributed by atoms with Crippen LogP contribution < -0.4 is 5.43 Å². The second-order valence-electron chi connectivity index (χ2n) is 9.17. The molecular formula is C31H23ClF3NO3. The summed E-state index contributed by atoms with van der Waals surface area (Å²) in [7, 11) is 0. The molecule has 0 amide bonds. The number of nitrogens with zero attached hydrogens (tertiary/aromatic N) is 1. The number of alkyl halides is 3. The van der Waals surface area contributed by atoms with E-state index in [0.717, 1.165) is 11.1 Å². The highest BCUT2D eigenvalue weighted by Gasteiger charge is 2.40. The Morgan fingerprint density at radius 2 is 1.33 bits per heavy atom. The molecule has 0 bridgehead atoms. The van der Waals surface area contributed by atoms with Crippen LogP contribution in [0.15, 0.2) is 106 Å². The molecule has 4 aromatic carbocycles. The molecule has 8 heteroatoms. The minimum Gasteiger partial charge on any atom is -0.507 e. The molecule has 0 spiro atoms. The van der Waals surface area contributed by atoms with Crippen molar-refractivity contribution in [1.82, 2.24) is 4.90 Å². The van der Waals surface area contributed by atoms with Crippen molar-refractivity contribution < 1.29 is 22.7 Å². The number of hydrogen-bond donors (Lipinski definition) is 1. The van der Waals surface area contributed by atoms with Gasteiger partial charge in [0, 0.05) is 30.2 Å². The molecule has 0 saturated heterocycles. The van der Waals surface area contributed by atoms with Crippen LogP contribution in [0.2, 0.25) is 5.02 Å². The highest BCUT2D eigenvalue weighted by atomic mass is 35.5. The van der Waals surface area contributed by atoms with Crippen molar-refractivity contribution in [1.29, 1.82) is 0 Å². The molecule has 5 aromatic rings. The first-order valence-corrected chi connectivity index (χ1v) is 12.5. The van der Waals surface area contributed by atoms with E-state index in [4.69, 9.17) is 16.0 Å². The van der Waals surface area contributed by atoms with E-state index in [1.54, 1.807) is 6.07 Å². The maximum atomic E-state index is 14.3. The third kappa shape index (κ3) is 5.70. The van der Waals surface area contributed by atoms with E-state index < -0.39 is 22.9 Å². The van der Waals surface area contributed by atoms with Crippen molar-refractivity contribution in [3.05, 3.63) is 135 Å². The number of fused-ring (bicyclic) bond motifs is 1. The topological polar surface area (TPSA) is 53.7 Å². The third-order valence-corrected chi connectivity index (χ3v) is 6.75. The molecule has 0 atom stereocenters. The Morgan fingerprint density at radius 3 is 1.90 bits per heavy atom. The molecule has 0 aliphatic heterocycles. The Labute approximate surface area is 227 Å². The monoisotopic (exact) mass is 549 g/mol. The van der Waals surface area contributed by atoms with Gasteiger partial charge < -0.3 is 9.52 Å². The smallest absolute Gasteiger partial charge is 0.450 e. The lowest BCUT2D eigenvalue weighted by Crippen LogP contribution is -2.23. The predicted octanol–water partition coefficient (Wildman–Crippen LogP) is 8.04. The molecule has 198 valence electrons. The van der Waals surface area contributed by atoms with E-state index in [1.165, 1.54) is 30.3 Å². The lowest BCUT2D eigenvalue weighted by molar-refractivity contribution is -0.152. The summed E-state index contributed by atoms with van der Waals surface area (Å²) in [5.74, 6) is -1.73. The summed E-state index contributed by atoms with van der Waals surface area (Å²) in [5.41, 5.74) is 0.116. The number of aromatic hydroxyl groups is 1. The summed E-state index contributed by atoms with van der Waals surface area (Å²) < 4.78 is 48.4. The molecule has 39 heavy (non-hydrogen) atoms. The predicted molar refractivity (Wildman–Crippen MR) is 145 cm³/mol. The molecule has 0 saturated carbocycles. The molecule has 0 fully saturated rings. The van der Waals surface area contributed by atoms with Gasteiger partial charge >= 0.3 is 6.18 Å². The van der Waals surface area contributed by atoms with Crippen molar-refractivity contribution in [2.45, 2.75) is 25.8 Å². The molecule has 0 unspecified atom stereocenters. The van der Waals surface area contributed by atoms with Crippen molar-refractivity contribution in [3.8, 4) is 16.9 Å². The van der Waals surface area contributed by atoms with Crippen LogP contribution >= 0.6 is 11.6 Å². The van der Waals surface area contributed by atoms with Gasteiger partial charge in [0.1, 0.15) is 11.3 Å². The van der Waals surface area contributed by atoms with Crippen molar-refractivity contribution >= 4 is 22.6 Å². The molecule has 0 radical (unpaired) electrons. The van der Waals surface area contributed by atoms with Crippen molar-refractivity contribution in [2.75, 3.05) is 0 Å². The van der Waals surface area contributed by atoms with Gasteiger partial charge in [-0.25, -0.2) is 0 Å². The quantitative estimate of drug-likeness (QED) is 0.223. The van der Waals surface area contributed by atoms with E-state index in [2.05, 4.69) is 0 Å². The molecule has 1 N–H and O–H groups in total. The standard InChI is InChI=1S/C31H23ClF3NO3/c32-25-14-8-7-13-22(25)27-28(38)23-15-16-26(37)24(29(23)39-30(27)31(33,34)35)19-36(17-20-9-3-1-4-10-20)18-21-11-5-2-6-12-21/h1-16,37H,17-19H2. The third-order valence-electron chi connectivity index (χ3n) is 6.42. The van der Waals surface area contributed by atoms with Crippen LogP contribution in [-0.2, 0) is 25.8 Å². The fraction of sp³-hybridized carbons (Fsp3) is 0.129. The Bertz CT molecular complexity index is 1630. The molecule has 5 rings (SSSR count). The average molecular weight is 550 g/mol. The van der Waals surface area contributed by atoms with Crippen LogP contribution in [0.5, 0.6) is 5.75 Å². The summed E-state index contributed by atoms with van der Waals surface area (Å²) in [4.78, 5) is 15.5. The molecule has 4 nitrogen and oxygen atoms in total. The lowest BCUT2D eigenvalue weighted by atomic mass is 10.00. The molecular weight excluding hydrogens is 527 g/mol. The normalized spacial score (nSPS) is 11.8. The Balaban J connectivity index is 1.67. The van der Waals surface area contributed by atoms with Gasteiger partial charge in [0.05, 0.1) is 16.5 Å². The second-order valence-corrected chi connectivity index (χ2v) is 9.58. The van der Waals surface area contributed by atoms with E-state index in [0.29, 0.717) is 13.1 Å². The molecule has 0 aliphatic rings. The zero-order valence-corrected chi connectivity index (χ0v) is 21.3. The maximum absolute atomic E-state index is 14.3. The van der Waals surface area contributed by atoms with E-state index in [-0.39, 0.29) is 39.4 Å². The lowest BCUT2D eigenvalue weighted by Gasteiger charge is -2.24. The van der Waals surface area contributed by atoms with Crippen LogP contribution in [-0.4, -0.2) is 10.0 Å². The minimum atomic E-state index is -4.99. The molecule has 1 heterocycles. The van der Waals surface area contributed by atoms with Gasteiger partial charge in [-0.05, 0) is 29.3 Å². The van der Waals surface area contributed by atoms with Gasteiger partial charge in [-0.15, -0.1) is 0 Å². The number of halogens is 4. The average Bonchev–Trinajstić information content (AvgIpc) is 2.91. The summed E-state index contributed by atoms with van der Waals surface area (Å²) >= 11 is 6.19.